The third-order valence-corrected chi connectivity index (χ3v) is 3.31. The maximum absolute atomic E-state index is 12.0. The first-order valence-electron chi connectivity index (χ1n) is 7.44. The van der Waals surface area contributed by atoms with Gasteiger partial charge in [-0.3, -0.25) is 15.5 Å². The van der Waals surface area contributed by atoms with E-state index in [1.165, 1.54) is 24.3 Å². The van der Waals surface area contributed by atoms with Crippen LogP contribution in [0.3, 0.4) is 0 Å². The van der Waals surface area contributed by atoms with Gasteiger partial charge in [-0.2, -0.15) is 5.10 Å². The Labute approximate surface area is 133 Å². The first-order chi connectivity index (χ1) is 11.1. The average molecular weight is 319 g/mol. The number of nitrogens with zero attached hydrogens (tertiary/aromatic N) is 3. The molecule has 8 nitrogen and oxygen atoms in total. The second kappa shape index (κ2) is 8.02. The fourth-order valence-corrected chi connectivity index (χ4v) is 2.16. The summed E-state index contributed by atoms with van der Waals surface area (Å²) < 4.78 is 7.02. The zero-order valence-electron chi connectivity index (χ0n) is 12.9. The van der Waals surface area contributed by atoms with E-state index in [-0.39, 0.29) is 18.0 Å². The number of carbonyl (C=O) groups is 1. The Morgan fingerprint density at radius 3 is 2.61 bits per heavy atom. The van der Waals surface area contributed by atoms with Gasteiger partial charge in [-0.25, -0.2) is 9.37 Å². The van der Waals surface area contributed by atoms with E-state index in [1.807, 2.05) is 4.58 Å². The van der Waals surface area contributed by atoms with Gasteiger partial charge in [-0.1, -0.05) is 0 Å². The van der Waals surface area contributed by atoms with E-state index in [1.54, 1.807) is 13.1 Å². The number of carbonyl (C=O) groups excluding carboxylic acids is 1. The highest BCUT2D eigenvalue weighted by molar-refractivity contribution is 6.58. The van der Waals surface area contributed by atoms with Gasteiger partial charge < -0.3 is 4.74 Å². The van der Waals surface area contributed by atoms with Crippen molar-refractivity contribution < 1.29 is 19.0 Å². The lowest BCUT2D eigenvalue weighted by Crippen LogP contribution is -2.25. The second-order valence-corrected chi connectivity index (χ2v) is 5.01. The summed E-state index contributed by atoms with van der Waals surface area (Å²) in [7, 11) is 0. The van der Waals surface area contributed by atoms with Crippen molar-refractivity contribution in [1.82, 2.24) is 0 Å². The van der Waals surface area contributed by atoms with Gasteiger partial charge in [0.05, 0.1) is 17.2 Å². The predicted molar refractivity (Wildman–Crippen MR) is 86.1 cm³/mol. The van der Waals surface area contributed by atoms with Crippen molar-refractivity contribution in [3.05, 3.63) is 34.4 Å². The Morgan fingerprint density at radius 1 is 1.39 bits per heavy atom. The number of rotatable bonds is 6. The minimum Gasteiger partial charge on any atom is -0.461 e. The van der Waals surface area contributed by atoms with Gasteiger partial charge in [0.1, 0.15) is 13.1 Å². The molecule has 0 atom stereocenters. The number of esters is 1. The quantitative estimate of drug-likeness (QED) is 0.283. The van der Waals surface area contributed by atoms with E-state index in [9.17, 15) is 14.9 Å². The second-order valence-electron chi connectivity index (χ2n) is 5.01. The molecule has 1 heterocycles. The molecule has 0 bridgehead atoms. The number of hydrazone groups is 1. The lowest BCUT2D eigenvalue weighted by atomic mass is 10.3. The van der Waals surface area contributed by atoms with E-state index in [2.05, 4.69) is 10.5 Å². The van der Waals surface area contributed by atoms with Gasteiger partial charge in [-0.15, -0.1) is 0 Å². The zero-order valence-corrected chi connectivity index (χ0v) is 12.9. The molecule has 1 N–H and O–H groups in total. The monoisotopic (exact) mass is 319 g/mol. The molecule has 0 radical (unpaired) electrons. The molecule has 0 saturated carbocycles. The van der Waals surface area contributed by atoms with Gasteiger partial charge in [0.2, 0.25) is 5.71 Å². The number of ether oxygens (including phenoxy) is 1. The van der Waals surface area contributed by atoms with E-state index in [4.69, 9.17) is 4.74 Å². The minimum absolute atomic E-state index is 0.00576. The summed E-state index contributed by atoms with van der Waals surface area (Å²) in [6.07, 6.45) is 3.86. The molecule has 1 aromatic carbocycles. The van der Waals surface area contributed by atoms with Gasteiger partial charge >= 0.3 is 5.97 Å². The number of non-ortho nitro benzene ring substituents is 1. The van der Waals surface area contributed by atoms with Crippen LogP contribution in [0.1, 0.15) is 19.8 Å². The highest BCUT2D eigenvalue weighted by atomic mass is 16.6. The molecular formula is C15H19N4O4+. The Morgan fingerprint density at radius 2 is 2.04 bits per heavy atom. The highest BCUT2D eigenvalue weighted by Gasteiger charge is 2.19. The summed E-state index contributed by atoms with van der Waals surface area (Å²) in [4.78, 5) is 22.1. The maximum atomic E-state index is 12.0. The molecule has 23 heavy (non-hydrogen) atoms. The number of nitro benzene ring substituents is 1. The Hall–Kier alpha value is -2.77. The molecule has 0 aromatic heterocycles. The number of nitro groups is 1. The molecule has 1 aromatic rings. The molecule has 8 heteroatoms. The molecular weight excluding hydrogens is 300 g/mol. The van der Waals surface area contributed by atoms with E-state index in [0.717, 1.165) is 25.9 Å². The lowest BCUT2D eigenvalue weighted by Gasteiger charge is -2.03. The molecule has 122 valence electrons. The summed E-state index contributed by atoms with van der Waals surface area (Å²) in [5.41, 5.74) is 3.45. The number of hydrogen-bond acceptors (Lipinski definition) is 6. The van der Waals surface area contributed by atoms with E-state index in [0.29, 0.717) is 5.69 Å². The zero-order chi connectivity index (χ0) is 16.7. The largest absolute Gasteiger partial charge is 0.461 e. The molecule has 1 aliphatic heterocycles. The number of hydrogen-bond donors (Lipinski definition) is 1. The van der Waals surface area contributed by atoms with Crippen molar-refractivity contribution in [2.75, 3.05) is 25.1 Å². The summed E-state index contributed by atoms with van der Waals surface area (Å²) in [5.74, 6) is -0.506. The van der Waals surface area contributed by atoms with Crippen molar-refractivity contribution >= 4 is 29.3 Å². The van der Waals surface area contributed by atoms with Crippen LogP contribution in [-0.4, -0.2) is 47.1 Å². The van der Waals surface area contributed by atoms with Crippen LogP contribution in [0.25, 0.3) is 0 Å². The average Bonchev–Trinajstić information content (AvgIpc) is 3.05. The van der Waals surface area contributed by atoms with E-state index >= 15 is 0 Å². The number of anilines is 1. The van der Waals surface area contributed by atoms with Crippen LogP contribution < -0.4 is 5.43 Å². The summed E-state index contributed by atoms with van der Waals surface area (Å²) in [6, 6.07) is 5.79. The highest BCUT2D eigenvalue weighted by Crippen LogP contribution is 2.15. The first kappa shape index (κ1) is 16.6. The van der Waals surface area contributed by atoms with E-state index < -0.39 is 10.9 Å². The van der Waals surface area contributed by atoms with Gasteiger partial charge in [-0.05, 0) is 19.1 Å². The molecule has 0 amide bonds. The first-order valence-corrected chi connectivity index (χ1v) is 7.44. The predicted octanol–water partition coefficient (Wildman–Crippen LogP) is 1.80. The molecule has 2 rings (SSSR count). The topological polar surface area (TPSA) is 96.8 Å². The van der Waals surface area contributed by atoms with Crippen LogP contribution in [0.2, 0.25) is 0 Å². The van der Waals surface area contributed by atoms with Crippen LogP contribution in [-0.2, 0) is 9.53 Å². The summed E-state index contributed by atoms with van der Waals surface area (Å²) in [5, 5.41) is 14.7. The van der Waals surface area contributed by atoms with Crippen molar-refractivity contribution in [2.45, 2.75) is 19.8 Å². The smallest absolute Gasteiger partial charge is 0.365 e. The molecule has 1 aliphatic rings. The lowest BCUT2D eigenvalue weighted by molar-refractivity contribution is -0.499. The van der Waals surface area contributed by atoms with Crippen LogP contribution >= 0.6 is 0 Å². The molecule has 0 unspecified atom stereocenters. The van der Waals surface area contributed by atoms with Gasteiger partial charge in [0.15, 0.2) is 6.21 Å². The third-order valence-electron chi connectivity index (χ3n) is 3.31. The number of benzene rings is 1. The van der Waals surface area contributed by atoms with Crippen LogP contribution in [0, 0.1) is 10.1 Å². The Balaban J connectivity index is 2.13. The maximum Gasteiger partial charge on any atom is 0.365 e. The van der Waals surface area contributed by atoms with Crippen LogP contribution in [0.5, 0.6) is 0 Å². The molecule has 1 saturated heterocycles. The van der Waals surface area contributed by atoms with Crippen LogP contribution in [0.4, 0.5) is 11.4 Å². The number of nitrogens with one attached hydrogen (secondary N) is 1. The van der Waals surface area contributed by atoms with Crippen molar-refractivity contribution in [3.63, 3.8) is 0 Å². The Kier molecular flexibility index (Phi) is 5.79. The fraction of sp³-hybridized carbons (Fsp3) is 0.400. The standard InChI is InChI=1S/C15H18N4O4/c1-2-23-15(20)14(11-18-9-3-4-10-18)17-16-12-5-7-13(8-6-12)19(21)22/h5-8,11H,2-4,9-10H2,1H3/p+1. The summed E-state index contributed by atoms with van der Waals surface area (Å²) in [6.45, 7) is 3.77. The molecule has 1 fully saturated rings. The van der Waals surface area contributed by atoms with Crippen LogP contribution in [0.15, 0.2) is 29.4 Å². The van der Waals surface area contributed by atoms with Crippen molar-refractivity contribution in [3.8, 4) is 0 Å². The third kappa shape index (κ3) is 4.87. The molecule has 0 spiro atoms. The minimum atomic E-state index is -0.506. The Bertz CT molecular complexity index is 629. The van der Waals surface area contributed by atoms with Crippen molar-refractivity contribution in [2.24, 2.45) is 5.10 Å². The van der Waals surface area contributed by atoms with Gasteiger partial charge in [0.25, 0.3) is 5.69 Å². The summed E-state index contributed by atoms with van der Waals surface area (Å²) >= 11 is 0. The fourth-order valence-electron chi connectivity index (χ4n) is 2.16. The normalized spacial score (nSPS) is 14.5. The SMILES string of the molecule is CCOC(=O)/C(C=[N+]1CCCC1)=N\Nc1ccc([N+](=O)[O-])cc1. The molecule has 0 aliphatic carbocycles. The van der Waals surface area contributed by atoms with Gasteiger partial charge in [0, 0.05) is 25.0 Å². The van der Waals surface area contributed by atoms with Crippen molar-refractivity contribution in [1.29, 1.82) is 0 Å².